The summed E-state index contributed by atoms with van der Waals surface area (Å²) in [6, 6.07) is 1.52. The number of imide groups is 1. The third kappa shape index (κ3) is 2.15. The zero-order chi connectivity index (χ0) is 15.1. The van der Waals surface area contributed by atoms with Crippen LogP contribution in [-0.4, -0.2) is 47.8 Å². The molecule has 2 aliphatic heterocycles. The van der Waals surface area contributed by atoms with Gasteiger partial charge in [-0.3, -0.25) is 14.5 Å². The van der Waals surface area contributed by atoms with E-state index in [9.17, 15) is 9.59 Å². The van der Waals surface area contributed by atoms with E-state index in [0.717, 1.165) is 19.6 Å². The Morgan fingerprint density at radius 2 is 1.76 bits per heavy atom. The van der Waals surface area contributed by atoms with E-state index in [0.29, 0.717) is 34.6 Å². The molecule has 0 aromatic heterocycles. The first-order valence-electron chi connectivity index (χ1n) is 7.28. The molecule has 0 saturated carbocycles. The van der Waals surface area contributed by atoms with E-state index in [1.54, 1.807) is 6.92 Å². The van der Waals surface area contributed by atoms with Crippen LogP contribution in [0.25, 0.3) is 0 Å². The van der Waals surface area contributed by atoms with Crippen LogP contribution >= 0.6 is 0 Å². The van der Waals surface area contributed by atoms with Crippen molar-refractivity contribution in [1.82, 2.24) is 9.80 Å². The number of fused-ring (bicyclic) bond motifs is 1. The lowest BCUT2D eigenvalue weighted by atomic mass is 10.0. The van der Waals surface area contributed by atoms with E-state index in [1.807, 2.05) is 0 Å². The average molecular weight is 288 g/mol. The zero-order valence-corrected chi connectivity index (χ0v) is 12.2. The Morgan fingerprint density at radius 3 is 2.43 bits per heavy atom. The second kappa shape index (κ2) is 5.04. The number of hydrogen-bond donors (Lipinski definition) is 2. The molecule has 3 rings (SSSR count). The number of amides is 2. The number of nitrogens with two attached hydrogens (primary N) is 2. The minimum Gasteiger partial charge on any atom is -0.397 e. The highest BCUT2D eigenvalue weighted by Gasteiger charge is 2.37. The number of nitrogen functional groups attached to an aromatic ring is 2. The van der Waals surface area contributed by atoms with Gasteiger partial charge in [-0.15, -0.1) is 0 Å². The number of carbonyl (C=O) groups excluding carboxylic acids is 2. The van der Waals surface area contributed by atoms with Crippen LogP contribution in [-0.2, 0) is 0 Å². The largest absolute Gasteiger partial charge is 0.397 e. The molecule has 2 heterocycles. The second-order valence-corrected chi connectivity index (χ2v) is 5.74. The molecule has 6 heteroatoms. The van der Waals surface area contributed by atoms with Gasteiger partial charge in [0.1, 0.15) is 0 Å². The van der Waals surface area contributed by atoms with Gasteiger partial charge in [0.2, 0.25) is 0 Å². The summed E-state index contributed by atoms with van der Waals surface area (Å²) >= 11 is 0. The zero-order valence-electron chi connectivity index (χ0n) is 12.2. The van der Waals surface area contributed by atoms with E-state index in [2.05, 4.69) is 4.90 Å². The van der Waals surface area contributed by atoms with Gasteiger partial charge in [0, 0.05) is 13.1 Å². The molecule has 2 aliphatic rings. The molecule has 1 aromatic rings. The Bertz CT molecular complexity index is 621. The van der Waals surface area contributed by atoms with Crippen LogP contribution in [0.1, 0.15) is 39.1 Å². The molecule has 0 atom stereocenters. The number of carbonyl (C=O) groups is 2. The van der Waals surface area contributed by atoms with Crippen LogP contribution in [0.3, 0.4) is 0 Å². The third-order valence-electron chi connectivity index (χ3n) is 4.43. The van der Waals surface area contributed by atoms with Gasteiger partial charge >= 0.3 is 0 Å². The molecule has 1 fully saturated rings. The monoisotopic (exact) mass is 288 g/mol. The summed E-state index contributed by atoms with van der Waals surface area (Å²) in [7, 11) is 0. The Hall–Kier alpha value is -2.08. The van der Waals surface area contributed by atoms with Gasteiger partial charge in [-0.05, 0) is 44.5 Å². The van der Waals surface area contributed by atoms with E-state index < -0.39 is 0 Å². The Morgan fingerprint density at radius 1 is 1.10 bits per heavy atom. The number of anilines is 2. The highest BCUT2D eigenvalue weighted by molar-refractivity contribution is 6.23. The molecular formula is C15H20N4O2. The van der Waals surface area contributed by atoms with Crippen molar-refractivity contribution in [2.24, 2.45) is 0 Å². The first kappa shape index (κ1) is 13.9. The predicted molar refractivity (Wildman–Crippen MR) is 81.0 cm³/mol. The summed E-state index contributed by atoms with van der Waals surface area (Å²) in [5.74, 6) is -0.512. The van der Waals surface area contributed by atoms with Crippen molar-refractivity contribution in [3.8, 4) is 0 Å². The van der Waals surface area contributed by atoms with Gasteiger partial charge in [0.15, 0.2) is 0 Å². The summed E-state index contributed by atoms with van der Waals surface area (Å²) in [5.41, 5.74) is 13.8. The highest BCUT2D eigenvalue weighted by Crippen LogP contribution is 2.33. The molecule has 2 amide bonds. The normalized spacial score (nSPS) is 18.6. The third-order valence-corrected chi connectivity index (χ3v) is 4.43. The number of nitrogens with zero attached hydrogens (tertiary/aromatic N) is 2. The maximum absolute atomic E-state index is 12.5. The van der Waals surface area contributed by atoms with Gasteiger partial charge in [0.05, 0.1) is 22.5 Å². The van der Waals surface area contributed by atoms with Crippen molar-refractivity contribution in [1.29, 1.82) is 0 Å². The topological polar surface area (TPSA) is 92.7 Å². The SMILES string of the molecule is Cc1c(N)c(N)cc2c1C(=O)N(CCN1CCCC1)C2=O. The predicted octanol–water partition coefficient (Wildman–Crippen LogP) is 0.851. The molecule has 6 nitrogen and oxygen atoms in total. The van der Waals surface area contributed by atoms with Crippen molar-refractivity contribution >= 4 is 23.2 Å². The molecule has 0 spiro atoms. The standard InChI is InChI=1S/C15H20N4O2/c1-9-12-10(8-11(16)13(9)17)14(20)19(15(12)21)7-6-18-4-2-3-5-18/h8H,2-7,16-17H2,1H3. The van der Waals surface area contributed by atoms with Crippen LogP contribution in [0.2, 0.25) is 0 Å². The molecule has 1 saturated heterocycles. The van der Waals surface area contributed by atoms with Gasteiger partial charge in [-0.1, -0.05) is 0 Å². The molecule has 0 bridgehead atoms. The molecule has 1 aromatic carbocycles. The van der Waals surface area contributed by atoms with Crippen molar-refractivity contribution < 1.29 is 9.59 Å². The van der Waals surface area contributed by atoms with Crippen molar-refractivity contribution in [2.45, 2.75) is 19.8 Å². The second-order valence-electron chi connectivity index (χ2n) is 5.74. The first-order valence-corrected chi connectivity index (χ1v) is 7.28. The molecule has 4 N–H and O–H groups in total. The van der Waals surface area contributed by atoms with E-state index in [-0.39, 0.29) is 11.8 Å². The fraction of sp³-hybridized carbons (Fsp3) is 0.467. The van der Waals surface area contributed by atoms with Crippen LogP contribution in [0.5, 0.6) is 0 Å². The highest BCUT2D eigenvalue weighted by atomic mass is 16.2. The Kier molecular flexibility index (Phi) is 3.33. The van der Waals surface area contributed by atoms with Crippen molar-refractivity contribution in [3.05, 3.63) is 22.8 Å². The quantitative estimate of drug-likeness (QED) is 0.635. The number of benzene rings is 1. The molecule has 21 heavy (non-hydrogen) atoms. The maximum Gasteiger partial charge on any atom is 0.261 e. The van der Waals surface area contributed by atoms with Gasteiger partial charge in [0.25, 0.3) is 11.8 Å². The summed E-state index contributed by atoms with van der Waals surface area (Å²) in [6.07, 6.45) is 2.38. The number of rotatable bonds is 3. The van der Waals surface area contributed by atoms with Gasteiger partial charge < -0.3 is 16.4 Å². The smallest absolute Gasteiger partial charge is 0.261 e. The van der Waals surface area contributed by atoms with Crippen molar-refractivity contribution in [2.75, 3.05) is 37.6 Å². The van der Waals surface area contributed by atoms with Crippen molar-refractivity contribution in [3.63, 3.8) is 0 Å². The van der Waals surface area contributed by atoms with Crippen LogP contribution < -0.4 is 11.5 Å². The number of likely N-dealkylation sites (tertiary alicyclic amines) is 1. The average Bonchev–Trinajstić information content (AvgIpc) is 3.04. The molecule has 0 radical (unpaired) electrons. The Balaban J connectivity index is 1.84. The van der Waals surface area contributed by atoms with Gasteiger partial charge in [-0.25, -0.2) is 0 Å². The van der Waals surface area contributed by atoms with E-state index >= 15 is 0 Å². The molecule has 0 aliphatic carbocycles. The molecule has 112 valence electrons. The molecule has 0 unspecified atom stereocenters. The minimum absolute atomic E-state index is 0.251. The lowest BCUT2D eigenvalue weighted by Crippen LogP contribution is -2.37. The summed E-state index contributed by atoms with van der Waals surface area (Å²) < 4.78 is 0. The summed E-state index contributed by atoms with van der Waals surface area (Å²) in [5, 5.41) is 0. The van der Waals surface area contributed by atoms with Crippen LogP contribution in [0.15, 0.2) is 6.07 Å². The van der Waals surface area contributed by atoms with Gasteiger partial charge in [-0.2, -0.15) is 0 Å². The minimum atomic E-state index is -0.260. The summed E-state index contributed by atoms with van der Waals surface area (Å²) in [6.45, 7) is 4.98. The lowest BCUT2D eigenvalue weighted by molar-refractivity contribution is 0.0640. The fourth-order valence-electron chi connectivity index (χ4n) is 3.13. The molecular weight excluding hydrogens is 268 g/mol. The van der Waals surface area contributed by atoms with Crippen LogP contribution in [0, 0.1) is 6.92 Å². The number of hydrogen-bond acceptors (Lipinski definition) is 5. The maximum atomic E-state index is 12.5. The lowest BCUT2D eigenvalue weighted by Gasteiger charge is -2.19. The van der Waals surface area contributed by atoms with E-state index in [4.69, 9.17) is 11.5 Å². The Labute approximate surface area is 123 Å². The fourth-order valence-corrected chi connectivity index (χ4v) is 3.13. The van der Waals surface area contributed by atoms with E-state index in [1.165, 1.54) is 23.8 Å². The summed E-state index contributed by atoms with van der Waals surface area (Å²) in [4.78, 5) is 28.5. The van der Waals surface area contributed by atoms with Crippen LogP contribution in [0.4, 0.5) is 11.4 Å². The first-order chi connectivity index (χ1) is 10.0.